The summed E-state index contributed by atoms with van der Waals surface area (Å²) in [5, 5.41) is 12.0. The van der Waals surface area contributed by atoms with Crippen LogP contribution in [0.1, 0.15) is 19.8 Å². The number of piperidine rings is 1. The summed E-state index contributed by atoms with van der Waals surface area (Å²) in [5.74, 6) is 0. The van der Waals surface area contributed by atoms with Gasteiger partial charge in [0.2, 0.25) is 0 Å². The van der Waals surface area contributed by atoms with Gasteiger partial charge in [0.15, 0.2) is 0 Å². The molecule has 0 aromatic carbocycles. The Morgan fingerprint density at radius 2 is 2.07 bits per heavy atom. The minimum atomic E-state index is 0.127. The van der Waals surface area contributed by atoms with Crippen molar-refractivity contribution in [3.63, 3.8) is 0 Å². The van der Waals surface area contributed by atoms with E-state index in [4.69, 9.17) is 9.84 Å². The van der Waals surface area contributed by atoms with Crippen molar-refractivity contribution in [2.75, 3.05) is 46.0 Å². The van der Waals surface area contributed by atoms with Crippen LogP contribution in [0, 0.1) is 0 Å². The number of rotatable bonds is 7. The molecule has 1 heterocycles. The lowest BCUT2D eigenvalue weighted by molar-refractivity contribution is 0.0669. The predicted octanol–water partition coefficient (Wildman–Crippen LogP) is 0.0692. The topological polar surface area (TPSA) is 44.7 Å². The summed E-state index contributed by atoms with van der Waals surface area (Å²) < 4.78 is 5.25. The fourth-order valence-electron chi connectivity index (χ4n) is 2.01. The third-order valence-electron chi connectivity index (χ3n) is 2.87. The molecule has 1 aliphatic rings. The lowest BCUT2D eigenvalue weighted by atomic mass is 10.1. The monoisotopic (exact) mass is 216 g/mol. The van der Waals surface area contributed by atoms with Gasteiger partial charge >= 0.3 is 0 Å². The van der Waals surface area contributed by atoms with Crippen molar-refractivity contribution in [1.82, 2.24) is 10.2 Å². The molecule has 4 nitrogen and oxygen atoms in total. The maximum Gasteiger partial charge on any atom is 0.0698 e. The van der Waals surface area contributed by atoms with Gasteiger partial charge in [0.05, 0.1) is 19.8 Å². The lowest BCUT2D eigenvalue weighted by Crippen LogP contribution is -2.43. The predicted molar refractivity (Wildman–Crippen MR) is 61.0 cm³/mol. The number of nitrogens with zero attached hydrogens (tertiary/aromatic N) is 1. The second-order valence-corrected chi connectivity index (χ2v) is 4.01. The first-order valence-corrected chi connectivity index (χ1v) is 6.01. The van der Waals surface area contributed by atoms with E-state index < -0.39 is 0 Å². The summed E-state index contributed by atoms with van der Waals surface area (Å²) in [6, 6.07) is 0.713. The number of hydrogen-bond donors (Lipinski definition) is 2. The molecule has 0 aromatic heterocycles. The van der Waals surface area contributed by atoms with Gasteiger partial charge in [-0.25, -0.2) is 0 Å². The van der Waals surface area contributed by atoms with Gasteiger partial charge in [0.1, 0.15) is 0 Å². The van der Waals surface area contributed by atoms with Crippen molar-refractivity contribution >= 4 is 0 Å². The van der Waals surface area contributed by atoms with Gasteiger partial charge in [0.25, 0.3) is 0 Å². The van der Waals surface area contributed by atoms with Crippen molar-refractivity contribution in [1.29, 1.82) is 0 Å². The molecule has 0 bridgehead atoms. The van der Waals surface area contributed by atoms with E-state index in [2.05, 4.69) is 17.1 Å². The molecule has 2 N–H and O–H groups in total. The molecular weight excluding hydrogens is 192 g/mol. The van der Waals surface area contributed by atoms with Gasteiger partial charge in [-0.2, -0.15) is 0 Å². The first-order chi connectivity index (χ1) is 7.36. The van der Waals surface area contributed by atoms with Crippen molar-refractivity contribution in [3.05, 3.63) is 0 Å². The number of aliphatic hydroxyl groups is 1. The molecule has 0 unspecified atom stereocenters. The highest BCUT2D eigenvalue weighted by atomic mass is 16.5. The average molecular weight is 216 g/mol. The van der Waals surface area contributed by atoms with Crippen LogP contribution in [0.5, 0.6) is 0 Å². The van der Waals surface area contributed by atoms with E-state index in [9.17, 15) is 0 Å². The molecule has 0 atom stereocenters. The first-order valence-electron chi connectivity index (χ1n) is 6.01. The second-order valence-electron chi connectivity index (χ2n) is 4.01. The fourth-order valence-corrected chi connectivity index (χ4v) is 2.01. The molecule has 0 saturated carbocycles. The number of nitrogens with one attached hydrogen (secondary N) is 1. The highest BCUT2D eigenvalue weighted by Gasteiger charge is 2.17. The molecule has 15 heavy (non-hydrogen) atoms. The van der Waals surface area contributed by atoms with Gasteiger partial charge < -0.3 is 20.1 Å². The fraction of sp³-hybridized carbons (Fsp3) is 1.00. The van der Waals surface area contributed by atoms with Crippen LogP contribution in [0.3, 0.4) is 0 Å². The van der Waals surface area contributed by atoms with Crippen molar-refractivity contribution in [2.45, 2.75) is 25.8 Å². The maximum absolute atomic E-state index is 8.55. The van der Waals surface area contributed by atoms with E-state index in [0.717, 1.165) is 19.7 Å². The molecule has 1 fully saturated rings. The van der Waals surface area contributed by atoms with E-state index in [1.54, 1.807) is 0 Å². The number of likely N-dealkylation sites (tertiary alicyclic amines) is 1. The van der Waals surface area contributed by atoms with Gasteiger partial charge in [-0.05, 0) is 32.5 Å². The Kier molecular flexibility index (Phi) is 6.92. The standard InChI is InChI=1S/C11H24N2O2/c1-2-12-11-3-5-13(6-4-11)7-9-15-10-8-14/h11-12,14H,2-10H2,1H3. The van der Waals surface area contributed by atoms with Crippen LogP contribution in [-0.2, 0) is 4.74 Å². The van der Waals surface area contributed by atoms with Crippen LogP contribution in [0.4, 0.5) is 0 Å². The Labute approximate surface area is 92.6 Å². The van der Waals surface area contributed by atoms with Crippen LogP contribution in [0.2, 0.25) is 0 Å². The Balaban J connectivity index is 1.99. The van der Waals surface area contributed by atoms with Gasteiger partial charge in [-0.3, -0.25) is 0 Å². The SMILES string of the molecule is CCNC1CCN(CCOCCO)CC1. The van der Waals surface area contributed by atoms with Crippen LogP contribution in [-0.4, -0.2) is 62.0 Å². The highest BCUT2D eigenvalue weighted by Crippen LogP contribution is 2.09. The maximum atomic E-state index is 8.55. The lowest BCUT2D eigenvalue weighted by Gasteiger charge is -2.32. The Morgan fingerprint density at radius 1 is 1.33 bits per heavy atom. The van der Waals surface area contributed by atoms with Crippen molar-refractivity contribution in [3.8, 4) is 0 Å². The molecule has 0 amide bonds. The van der Waals surface area contributed by atoms with Gasteiger partial charge in [0, 0.05) is 12.6 Å². The van der Waals surface area contributed by atoms with E-state index in [1.807, 2.05) is 0 Å². The Morgan fingerprint density at radius 3 is 2.67 bits per heavy atom. The zero-order chi connectivity index (χ0) is 10.9. The van der Waals surface area contributed by atoms with E-state index >= 15 is 0 Å². The third kappa shape index (κ3) is 5.47. The molecule has 0 aliphatic carbocycles. The summed E-state index contributed by atoms with van der Waals surface area (Å²) in [6.07, 6.45) is 2.49. The number of ether oxygens (including phenoxy) is 1. The summed E-state index contributed by atoms with van der Waals surface area (Å²) in [4.78, 5) is 2.44. The molecule has 1 rings (SSSR count). The normalized spacial score (nSPS) is 19.6. The summed E-state index contributed by atoms with van der Waals surface area (Å²) in [7, 11) is 0. The van der Waals surface area contributed by atoms with Crippen LogP contribution < -0.4 is 5.32 Å². The Bertz CT molecular complexity index is 145. The van der Waals surface area contributed by atoms with Crippen LogP contribution >= 0.6 is 0 Å². The largest absolute Gasteiger partial charge is 0.394 e. The molecule has 4 heteroatoms. The molecule has 1 aliphatic heterocycles. The number of hydrogen-bond acceptors (Lipinski definition) is 4. The molecular formula is C11H24N2O2. The zero-order valence-corrected chi connectivity index (χ0v) is 9.74. The number of aliphatic hydroxyl groups excluding tert-OH is 1. The summed E-state index contributed by atoms with van der Waals surface area (Å²) in [5.41, 5.74) is 0. The quantitative estimate of drug-likeness (QED) is 0.591. The van der Waals surface area contributed by atoms with Gasteiger partial charge in [-0.15, -0.1) is 0 Å². The zero-order valence-electron chi connectivity index (χ0n) is 9.74. The molecule has 1 saturated heterocycles. The van der Waals surface area contributed by atoms with Gasteiger partial charge in [-0.1, -0.05) is 6.92 Å². The minimum absolute atomic E-state index is 0.127. The van der Waals surface area contributed by atoms with Crippen LogP contribution in [0.15, 0.2) is 0 Å². The Hall–Kier alpha value is -0.160. The first kappa shape index (κ1) is 12.9. The summed E-state index contributed by atoms with van der Waals surface area (Å²) in [6.45, 7) is 7.90. The molecule has 0 spiro atoms. The molecule has 90 valence electrons. The molecule has 0 radical (unpaired) electrons. The smallest absolute Gasteiger partial charge is 0.0698 e. The average Bonchev–Trinajstić information content (AvgIpc) is 2.27. The molecule has 0 aromatic rings. The summed E-state index contributed by atoms with van der Waals surface area (Å²) >= 11 is 0. The third-order valence-corrected chi connectivity index (χ3v) is 2.87. The minimum Gasteiger partial charge on any atom is -0.394 e. The second kappa shape index (κ2) is 8.05. The van der Waals surface area contributed by atoms with Crippen molar-refractivity contribution < 1.29 is 9.84 Å². The van der Waals surface area contributed by atoms with E-state index in [0.29, 0.717) is 12.6 Å². The van der Waals surface area contributed by atoms with Crippen LogP contribution in [0.25, 0.3) is 0 Å². The van der Waals surface area contributed by atoms with E-state index in [-0.39, 0.29) is 6.61 Å². The highest BCUT2D eigenvalue weighted by molar-refractivity contribution is 4.76. The van der Waals surface area contributed by atoms with Crippen molar-refractivity contribution in [2.24, 2.45) is 0 Å². The van der Waals surface area contributed by atoms with E-state index in [1.165, 1.54) is 25.9 Å².